The van der Waals surface area contributed by atoms with Crippen LogP contribution >= 0.6 is 27.3 Å². The van der Waals surface area contributed by atoms with Crippen LogP contribution in [-0.4, -0.2) is 31.9 Å². The lowest BCUT2D eigenvalue weighted by Crippen LogP contribution is -2.49. The van der Waals surface area contributed by atoms with Crippen molar-refractivity contribution in [1.29, 1.82) is 0 Å². The number of nitrogens with two attached hydrogens (primary N) is 1. The van der Waals surface area contributed by atoms with Gasteiger partial charge in [-0.15, -0.1) is 11.3 Å². The number of thiophene rings is 1. The Labute approximate surface area is 127 Å². The molecule has 2 unspecified atom stereocenters. The van der Waals surface area contributed by atoms with Gasteiger partial charge >= 0.3 is 0 Å². The Morgan fingerprint density at radius 3 is 2.84 bits per heavy atom. The highest BCUT2D eigenvalue weighted by Crippen LogP contribution is 2.35. The molecule has 0 aliphatic carbocycles. The van der Waals surface area contributed by atoms with Gasteiger partial charge in [-0.1, -0.05) is 13.3 Å². The summed E-state index contributed by atoms with van der Waals surface area (Å²) in [5.41, 5.74) is 5.78. The second-order valence-electron chi connectivity index (χ2n) is 4.86. The fourth-order valence-electron chi connectivity index (χ4n) is 2.58. The van der Waals surface area contributed by atoms with Crippen molar-refractivity contribution in [3.63, 3.8) is 0 Å². The molecule has 2 rings (SSSR count). The van der Waals surface area contributed by atoms with E-state index in [1.165, 1.54) is 11.3 Å². The number of halogens is 1. The highest BCUT2D eigenvalue weighted by Gasteiger charge is 2.37. The van der Waals surface area contributed by atoms with Crippen molar-refractivity contribution in [2.24, 2.45) is 11.7 Å². The van der Waals surface area contributed by atoms with E-state index in [1.807, 2.05) is 0 Å². The SMILES string of the molecule is CCC1CCN(S(=O)(=O)c2sccc2Br)C(CN)C1. The summed E-state index contributed by atoms with van der Waals surface area (Å²) < 4.78 is 28.0. The van der Waals surface area contributed by atoms with Crippen LogP contribution in [0.3, 0.4) is 0 Å². The summed E-state index contributed by atoms with van der Waals surface area (Å²) in [6.07, 6.45) is 2.89. The first-order chi connectivity index (χ1) is 9.00. The third-order valence-corrected chi connectivity index (χ3v) is 8.35. The van der Waals surface area contributed by atoms with Gasteiger partial charge in [-0.3, -0.25) is 0 Å². The Balaban J connectivity index is 2.28. The molecule has 1 fully saturated rings. The molecule has 1 aromatic heterocycles. The minimum absolute atomic E-state index is 0.0716. The highest BCUT2D eigenvalue weighted by atomic mass is 79.9. The van der Waals surface area contributed by atoms with E-state index in [0.29, 0.717) is 27.7 Å². The molecule has 1 aliphatic heterocycles. The van der Waals surface area contributed by atoms with Crippen LogP contribution in [-0.2, 0) is 10.0 Å². The molecule has 0 bridgehead atoms. The van der Waals surface area contributed by atoms with Crippen LogP contribution < -0.4 is 5.73 Å². The molecule has 0 amide bonds. The van der Waals surface area contributed by atoms with Crippen LogP contribution in [0, 0.1) is 5.92 Å². The van der Waals surface area contributed by atoms with Gasteiger partial charge in [0.25, 0.3) is 10.0 Å². The van der Waals surface area contributed by atoms with Gasteiger partial charge in [0.05, 0.1) is 0 Å². The van der Waals surface area contributed by atoms with Crippen molar-refractivity contribution < 1.29 is 8.42 Å². The molecule has 0 radical (unpaired) electrons. The molecule has 2 atom stereocenters. The van der Waals surface area contributed by atoms with Crippen molar-refractivity contribution in [2.75, 3.05) is 13.1 Å². The van der Waals surface area contributed by atoms with Gasteiger partial charge in [0, 0.05) is 23.6 Å². The Kier molecular flexibility index (Phi) is 5.05. The summed E-state index contributed by atoms with van der Waals surface area (Å²) in [6.45, 7) is 3.12. The second kappa shape index (κ2) is 6.22. The number of piperidine rings is 1. The van der Waals surface area contributed by atoms with Crippen molar-refractivity contribution in [2.45, 2.75) is 36.4 Å². The Morgan fingerprint density at radius 2 is 2.32 bits per heavy atom. The first-order valence-electron chi connectivity index (χ1n) is 6.45. The molecule has 1 aromatic rings. The van der Waals surface area contributed by atoms with E-state index in [2.05, 4.69) is 22.9 Å². The third kappa shape index (κ3) is 3.05. The number of hydrogen-bond acceptors (Lipinski definition) is 4. The molecule has 108 valence electrons. The predicted octanol–water partition coefficient (Wildman–Crippen LogP) is 2.65. The van der Waals surface area contributed by atoms with Gasteiger partial charge in [0.1, 0.15) is 4.21 Å². The molecule has 7 heteroatoms. The van der Waals surface area contributed by atoms with E-state index >= 15 is 0 Å². The van der Waals surface area contributed by atoms with E-state index in [0.717, 1.165) is 19.3 Å². The molecular weight excluding hydrogens is 348 g/mol. The molecule has 19 heavy (non-hydrogen) atoms. The van der Waals surface area contributed by atoms with Crippen LogP contribution in [0.2, 0.25) is 0 Å². The minimum atomic E-state index is -3.42. The van der Waals surface area contributed by atoms with Gasteiger partial charge in [0.15, 0.2) is 0 Å². The number of nitrogens with zero attached hydrogens (tertiary/aromatic N) is 1. The quantitative estimate of drug-likeness (QED) is 0.890. The van der Waals surface area contributed by atoms with Crippen LogP contribution in [0.5, 0.6) is 0 Å². The smallest absolute Gasteiger partial charge is 0.253 e. The summed E-state index contributed by atoms with van der Waals surface area (Å²) in [6, 6.07) is 1.70. The van der Waals surface area contributed by atoms with Gasteiger partial charge in [0.2, 0.25) is 0 Å². The van der Waals surface area contributed by atoms with E-state index in [4.69, 9.17) is 5.73 Å². The highest BCUT2D eigenvalue weighted by molar-refractivity contribution is 9.10. The topological polar surface area (TPSA) is 63.4 Å². The molecule has 1 saturated heterocycles. The molecule has 1 aliphatic rings. The lowest BCUT2D eigenvalue weighted by Gasteiger charge is -2.37. The molecule has 4 nitrogen and oxygen atoms in total. The van der Waals surface area contributed by atoms with Crippen molar-refractivity contribution in [3.05, 3.63) is 15.9 Å². The van der Waals surface area contributed by atoms with Gasteiger partial charge in [-0.25, -0.2) is 8.42 Å². The van der Waals surface area contributed by atoms with Crippen LogP contribution in [0.15, 0.2) is 20.1 Å². The van der Waals surface area contributed by atoms with Crippen molar-refractivity contribution in [1.82, 2.24) is 4.31 Å². The first kappa shape index (κ1) is 15.4. The molecular formula is C12H19BrN2O2S2. The van der Waals surface area contributed by atoms with E-state index in [1.54, 1.807) is 15.8 Å². The number of rotatable bonds is 4. The number of hydrogen-bond donors (Lipinski definition) is 1. The first-order valence-corrected chi connectivity index (χ1v) is 9.56. The molecule has 0 aromatic carbocycles. The Bertz CT molecular complexity index is 530. The second-order valence-corrected chi connectivity index (χ2v) is 8.72. The largest absolute Gasteiger partial charge is 0.329 e. The normalized spacial score (nSPS) is 25.6. The van der Waals surface area contributed by atoms with E-state index in [-0.39, 0.29) is 6.04 Å². The molecule has 0 saturated carbocycles. The van der Waals surface area contributed by atoms with E-state index in [9.17, 15) is 8.42 Å². The Hall–Kier alpha value is 0.0500. The van der Waals surface area contributed by atoms with Gasteiger partial charge in [-0.2, -0.15) is 4.31 Å². The number of sulfonamides is 1. The zero-order valence-electron chi connectivity index (χ0n) is 10.9. The third-order valence-electron chi connectivity index (χ3n) is 3.75. The molecule has 2 N–H and O–H groups in total. The summed E-state index contributed by atoms with van der Waals surface area (Å²) in [7, 11) is -3.42. The van der Waals surface area contributed by atoms with E-state index < -0.39 is 10.0 Å². The maximum Gasteiger partial charge on any atom is 0.253 e. The maximum absolute atomic E-state index is 12.7. The average molecular weight is 367 g/mol. The fourth-order valence-corrected chi connectivity index (χ4v) is 6.67. The molecule has 2 heterocycles. The zero-order valence-corrected chi connectivity index (χ0v) is 14.1. The monoisotopic (exact) mass is 366 g/mol. The minimum Gasteiger partial charge on any atom is -0.329 e. The standard InChI is InChI=1S/C12H19BrN2O2S2/c1-2-9-3-5-15(10(7-9)8-14)19(16,17)12-11(13)4-6-18-12/h4,6,9-10H,2-3,5,7-8,14H2,1H3. The van der Waals surface area contributed by atoms with Crippen molar-refractivity contribution in [3.8, 4) is 0 Å². The molecule has 0 spiro atoms. The van der Waals surface area contributed by atoms with Crippen molar-refractivity contribution >= 4 is 37.3 Å². The summed E-state index contributed by atoms with van der Waals surface area (Å²) in [4.78, 5) is 0. The summed E-state index contributed by atoms with van der Waals surface area (Å²) >= 11 is 4.56. The van der Waals surface area contributed by atoms with Crippen LogP contribution in [0.1, 0.15) is 26.2 Å². The van der Waals surface area contributed by atoms with Crippen LogP contribution in [0.4, 0.5) is 0 Å². The van der Waals surface area contributed by atoms with Gasteiger partial charge < -0.3 is 5.73 Å². The lowest BCUT2D eigenvalue weighted by molar-refractivity contribution is 0.198. The maximum atomic E-state index is 12.7. The van der Waals surface area contributed by atoms with Crippen LogP contribution in [0.25, 0.3) is 0 Å². The zero-order chi connectivity index (χ0) is 14.0. The summed E-state index contributed by atoms with van der Waals surface area (Å²) in [5.74, 6) is 0.590. The summed E-state index contributed by atoms with van der Waals surface area (Å²) in [5, 5.41) is 1.78. The van der Waals surface area contributed by atoms with Gasteiger partial charge in [-0.05, 0) is 46.1 Å². The lowest BCUT2D eigenvalue weighted by atomic mass is 9.90. The Morgan fingerprint density at radius 1 is 1.58 bits per heavy atom. The fraction of sp³-hybridized carbons (Fsp3) is 0.667. The average Bonchev–Trinajstić information content (AvgIpc) is 2.84. The predicted molar refractivity (Wildman–Crippen MR) is 81.8 cm³/mol.